The van der Waals surface area contributed by atoms with Crippen molar-refractivity contribution in [2.45, 2.75) is 6.29 Å². The van der Waals surface area contributed by atoms with Gasteiger partial charge in [0.15, 0.2) is 11.6 Å². The van der Waals surface area contributed by atoms with Crippen molar-refractivity contribution in [1.29, 1.82) is 0 Å². The summed E-state index contributed by atoms with van der Waals surface area (Å²) in [5.41, 5.74) is 1.66. The molecule has 94 valence electrons. The van der Waals surface area contributed by atoms with Crippen LogP contribution in [0, 0.1) is 0 Å². The molecule has 0 bridgehead atoms. The van der Waals surface area contributed by atoms with Gasteiger partial charge in [-0.2, -0.15) is 0 Å². The quantitative estimate of drug-likeness (QED) is 0.524. The number of hydrogen-bond donors (Lipinski definition) is 1. The smallest absolute Gasteiger partial charge is 0.288 e. The summed E-state index contributed by atoms with van der Waals surface area (Å²) in [5, 5.41) is 16.5. The highest BCUT2D eigenvalue weighted by atomic mass is 16.5. The van der Waals surface area contributed by atoms with Gasteiger partial charge in [-0.15, -0.1) is 0 Å². The van der Waals surface area contributed by atoms with Crippen molar-refractivity contribution in [2.75, 3.05) is 0 Å². The number of benzene rings is 2. The highest BCUT2D eigenvalue weighted by Crippen LogP contribution is 2.28. The summed E-state index contributed by atoms with van der Waals surface area (Å²) in [4.78, 5) is 24.6. The zero-order valence-electron chi connectivity index (χ0n) is 9.88. The van der Waals surface area contributed by atoms with Crippen LogP contribution in [0.15, 0.2) is 42.5 Å². The highest BCUT2D eigenvalue weighted by Gasteiger charge is 2.30. The van der Waals surface area contributed by atoms with Crippen LogP contribution >= 0.6 is 0 Å². The number of ketones is 2. The Morgan fingerprint density at radius 3 is 1.95 bits per heavy atom. The van der Waals surface area contributed by atoms with E-state index >= 15 is 0 Å². The molecule has 1 aliphatic rings. The van der Waals surface area contributed by atoms with Crippen LogP contribution in [0.5, 0.6) is 0 Å². The van der Waals surface area contributed by atoms with Gasteiger partial charge in [-0.05, 0) is 18.2 Å². The van der Waals surface area contributed by atoms with Crippen molar-refractivity contribution in [3.8, 4) is 0 Å². The maximum atomic E-state index is 12.3. The second kappa shape index (κ2) is 4.12. The fourth-order valence-electron chi connectivity index (χ4n) is 2.29. The number of aliphatic hydroxyl groups excluding tert-OH is 1. The Bertz CT molecular complexity index is 701. The molecular formula is C15H11O4+. The summed E-state index contributed by atoms with van der Waals surface area (Å²) < 4.78 is 0. The average Bonchev–Trinajstić information content (AvgIpc) is 2.44. The van der Waals surface area contributed by atoms with Crippen LogP contribution in [0.3, 0.4) is 0 Å². The molecule has 2 aromatic carbocycles. The molecular weight excluding hydrogens is 244 g/mol. The van der Waals surface area contributed by atoms with E-state index < -0.39 is 6.29 Å². The molecule has 0 radical (unpaired) electrons. The van der Waals surface area contributed by atoms with E-state index in [4.69, 9.17) is 5.11 Å². The van der Waals surface area contributed by atoms with E-state index in [0.717, 1.165) is 0 Å². The maximum absolute atomic E-state index is 12.3. The lowest BCUT2D eigenvalue weighted by Gasteiger charge is -2.17. The minimum absolute atomic E-state index is 0.198. The maximum Gasteiger partial charge on any atom is 0.288 e. The molecule has 0 saturated carbocycles. The van der Waals surface area contributed by atoms with Crippen molar-refractivity contribution in [3.05, 3.63) is 70.3 Å². The minimum Gasteiger partial charge on any atom is -0.418 e. The SMILES string of the molecule is O=C1c2ccccc2C(=O)c2cc(C(O)[OH2+])ccc21. The van der Waals surface area contributed by atoms with Crippen LogP contribution in [-0.2, 0) is 0 Å². The molecule has 0 aromatic heterocycles. The predicted octanol–water partition coefficient (Wildman–Crippen LogP) is 1.18. The Balaban J connectivity index is 2.24. The molecule has 1 unspecified atom stereocenters. The van der Waals surface area contributed by atoms with Gasteiger partial charge in [-0.3, -0.25) is 9.59 Å². The van der Waals surface area contributed by atoms with Crippen molar-refractivity contribution in [3.63, 3.8) is 0 Å². The van der Waals surface area contributed by atoms with Crippen LogP contribution in [0.25, 0.3) is 0 Å². The molecule has 0 aliphatic heterocycles. The zero-order chi connectivity index (χ0) is 13.6. The fraction of sp³-hybridized carbons (Fsp3) is 0.0667. The number of fused-ring (bicyclic) bond motifs is 2. The monoisotopic (exact) mass is 255 g/mol. The summed E-state index contributed by atoms with van der Waals surface area (Å²) >= 11 is 0. The van der Waals surface area contributed by atoms with E-state index in [1.165, 1.54) is 18.2 Å². The topological polar surface area (TPSA) is 77.3 Å². The Hall–Kier alpha value is -2.30. The van der Waals surface area contributed by atoms with E-state index in [9.17, 15) is 14.7 Å². The Morgan fingerprint density at radius 1 is 0.842 bits per heavy atom. The summed E-state index contributed by atoms with van der Waals surface area (Å²) in [5.74, 6) is -0.441. The van der Waals surface area contributed by atoms with Crippen LogP contribution in [-0.4, -0.2) is 21.8 Å². The van der Waals surface area contributed by atoms with Crippen molar-refractivity contribution >= 4 is 11.6 Å². The second-order valence-corrected chi connectivity index (χ2v) is 4.41. The molecule has 3 rings (SSSR count). The molecule has 1 atom stereocenters. The fourth-order valence-corrected chi connectivity index (χ4v) is 2.29. The van der Waals surface area contributed by atoms with Gasteiger partial charge in [0.05, 0.1) is 5.56 Å². The van der Waals surface area contributed by atoms with Gasteiger partial charge in [0.1, 0.15) is 0 Å². The van der Waals surface area contributed by atoms with Crippen molar-refractivity contribution in [2.24, 2.45) is 0 Å². The predicted molar refractivity (Wildman–Crippen MR) is 68.3 cm³/mol. The Kier molecular flexibility index (Phi) is 2.55. The highest BCUT2D eigenvalue weighted by molar-refractivity contribution is 6.28. The van der Waals surface area contributed by atoms with Gasteiger partial charge in [0.25, 0.3) is 6.29 Å². The first-order valence-corrected chi connectivity index (χ1v) is 5.81. The van der Waals surface area contributed by atoms with Crippen LogP contribution in [0.2, 0.25) is 0 Å². The third-order valence-electron chi connectivity index (χ3n) is 3.26. The summed E-state index contributed by atoms with van der Waals surface area (Å²) in [7, 11) is 0. The van der Waals surface area contributed by atoms with E-state index in [-0.39, 0.29) is 17.1 Å². The lowest BCUT2D eigenvalue weighted by molar-refractivity contribution is -0.0425. The van der Waals surface area contributed by atoms with Gasteiger partial charge >= 0.3 is 0 Å². The standard InChI is InChI=1S/C15H10O4/c16-13-9-3-1-2-4-10(9)14(17)12-7-8(15(18)19)5-6-11(12)13/h1-7,15,18-19H/p+1. The number of carbonyl (C=O) groups is 2. The lowest BCUT2D eigenvalue weighted by atomic mass is 9.83. The van der Waals surface area contributed by atoms with Gasteiger partial charge in [0, 0.05) is 22.3 Å². The normalized spacial score (nSPS) is 14.8. The average molecular weight is 255 g/mol. The largest absolute Gasteiger partial charge is 0.418 e. The third-order valence-corrected chi connectivity index (χ3v) is 3.26. The van der Waals surface area contributed by atoms with Crippen LogP contribution in [0.1, 0.15) is 43.7 Å². The molecule has 1 aliphatic carbocycles. The zero-order valence-corrected chi connectivity index (χ0v) is 9.88. The summed E-state index contributed by atoms with van der Waals surface area (Å²) in [6.07, 6.45) is -1.41. The first-order chi connectivity index (χ1) is 9.09. The molecule has 4 heteroatoms. The van der Waals surface area contributed by atoms with E-state index in [1.807, 2.05) is 0 Å². The lowest BCUT2D eigenvalue weighted by Crippen LogP contribution is -2.21. The van der Waals surface area contributed by atoms with Gasteiger partial charge in [0.2, 0.25) is 0 Å². The number of rotatable bonds is 1. The molecule has 0 amide bonds. The number of aliphatic hydroxyl groups is 1. The molecule has 0 spiro atoms. The molecule has 4 nitrogen and oxygen atoms in total. The number of hydrogen-bond acceptors (Lipinski definition) is 3. The molecule has 0 fully saturated rings. The minimum atomic E-state index is -1.41. The molecule has 0 saturated heterocycles. The third kappa shape index (κ3) is 1.69. The molecule has 0 heterocycles. The van der Waals surface area contributed by atoms with Crippen LogP contribution < -0.4 is 0 Å². The van der Waals surface area contributed by atoms with E-state index in [0.29, 0.717) is 22.3 Å². The Labute approximate surface area is 108 Å². The van der Waals surface area contributed by atoms with Crippen LogP contribution in [0.4, 0.5) is 0 Å². The van der Waals surface area contributed by atoms with Gasteiger partial charge in [-0.1, -0.05) is 24.3 Å². The number of carbonyl (C=O) groups excluding carboxylic acids is 2. The van der Waals surface area contributed by atoms with Gasteiger partial charge in [-0.25, -0.2) is 0 Å². The van der Waals surface area contributed by atoms with Gasteiger partial charge < -0.3 is 10.2 Å². The molecule has 3 N–H and O–H groups in total. The van der Waals surface area contributed by atoms with E-state index in [2.05, 4.69) is 0 Å². The Morgan fingerprint density at radius 2 is 1.37 bits per heavy atom. The first kappa shape index (κ1) is 11.8. The van der Waals surface area contributed by atoms with Crippen molar-refractivity contribution in [1.82, 2.24) is 0 Å². The molecule has 19 heavy (non-hydrogen) atoms. The second-order valence-electron chi connectivity index (χ2n) is 4.41. The van der Waals surface area contributed by atoms with E-state index in [1.54, 1.807) is 24.3 Å². The first-order valence-electron chi connectivity index (χ1n) is 5.81. The molecule has 2 aromatic rings. The summed E-state index contributed by atoms with van der Waals surface area (Å²) in [6.45, 7) is 0. The van der Waals surface area contributed by atoms with Crippen molar-refractivity contribution < 1.29 is 19.8 Å². The summed E-state index contributed by atoms with van der Waals surface area (Å²) in [6, 6.07) is 11.1.